The summed E-state index contributed by atoms with van der Waals surface area (Å²) >= 11 is 0. The first kappa shape index (κ1) is 28.5. The molecule has 2 saturated heterocycles. The second-order valence-electron chi connectivity index (χ2n) is 11.0. The molecular formula is C33H39N5O3. The fraction of sp³-hybridized carbons (Fsp3) is 0.364. The van der Waals surface area contributed by atoms with Gasteiger partial charge in [0.15, 0.2) is 0 Å². The lowest BCUT2D eigenvalue weighted by atomic mass is 9.96. The van der Waals surface area contributed by atoms with Crippen LogP contribution in [0.2, 0.25) is 0 Å². The Hall–Kier alpha value is -4.01. The Labute approximate surface area is 242 Å². The molecule has 41 heavy (non-hydrogen) atoms. The summed E-state index contributed by atoms with van der Waals surface area (Å²) in [5.74, 6) is -0.673. The lowest BCUT2D eigenvalue weighted by Gasteiger charge is -2.41. The molecule has 2 N–H and O–H groups in total. The summed E-state index contributed by atoms with van der Waals surface area (Å²) in [6, 6.07) is 26.1. The normalized spacial score (nSPS) is 18.3. The van der Waals surface area contributed by atoms with Crippen molar-refractivity contribution in [2.24, 2.45) is 0 Å². The first-order valence-electron chi connectivity index (χ1n) is 14.4. The number of nitrogens with zero attached hydrogens (tertiary/aromatic N) is 3. The molecule has 2 aliphatic heterocycles. The molecule has 2 heterocycles. The topological polar surface area (TPSA) is 85.0 Å². The van der Waals surface area contributed by atoms with Crippen molar-refractivity contribution >= 4 is 23.4 Å². The van der Waals surface area contributed by atoms with Gasteiger partial charge in [0.05, 0.1) is 19.0 Å². The van der Waals surface area contributed by atoms with Gasteiger partial charge in [0.2, 0.25) is 17.7 Å². The molecule has 0 radical (unpaired) electrons. The minimum Gasteiger partial charge on any atom is -0.353 e. The molecule has 214 valence electrons. The van der Waals surface area contributed by atoms with Crippen LogP contribution in [-0.4, -0.2) is 84.3 Å². The molecule has 0 unspecified atom stereocenters. The number of carbonyl (C=O) groups is 3. The van der Waals surface area contributed by atoms with Crippen molar-refractivity contribution in [1.82, 2.24) is 20.0 Å². The van der Waals surface area contributed by atoms with Crippen molar-refractivity contribution in [3.05, 3.63) is 101 Å². The van der Waals surface area contributed by atoms with Crippen LogP contribution in [0.15, 0.2) is 78.9 Å². The summed E-state index contributed by atoms with van der Waals surface area (Å²) in [4.78, 5) is 45.3. The summed E-state index contributed by atoms with van der Waals surface area (Å²) in [5.41, 5.74) is 5.42. The van der Waals surface area contributed by atoms with Crippen LogP contribution in [0.5, 0.6) is 0 Å². The van der Waals surface area contributed by atoms with Gasteiger partial charge in [0.25, 0.3) is 0 Å². The predicted molar refractivity (Wildman–Crippen MR) is 160 cm³/mol. The van der Waals surface area contributed by atoms with E-state index in [0.29, 0.717) is 18.8 Å². The minimum atomic E-state index is -0.815. The van der Waals surface area contributed by atoms with Gasteiger partial charge in [-0.3, -0.25) is 24.2 Å². The third-order valence-corrected chi connectivity index (χ3v) is 8.18. The lowest BCUT2D eigenvalue weighted by Crippen LogP contribution is -2.60. The highest BCUT2D eigenvalue weighted by atomic mass is 16.2. The third kappa shape index (κ3) is 7.01. The van der Waals surface area contributed by atoms with Crippen LogP contribution in [0.4, 0.5) is 5.69 Å². The van der Waals surface area contributed by atoms with Crippen molar-refractivity contribution in [3.8, 4) is 0 Å². The van der Waals surface area contributed by atoms with Gasteiger partial charge in [-0.25, -0.2) is 0 Å². The second kappa shape index (κ2) is 13.1. The van der Waals surface area contributed by atoms with Crippen LogP contribution >= 0.6 is 0 Å². The van der Waals surface area contributed by atoms with Gasteiger partial charge < -0.3 is 15.5 Å². The molecule has 0 bridgehead atoms. The lowest BCUT2D eigenvalue weighted by molar-refractivity contribution is -0.145. The molecule has 2 fully saturated rings. The molecule has 2 aliphatic rings. The molecule has 0 aliphatic carbocycles. The zero-order valence-electron chi connectivity index (χ0n) is 23.9. The summed E-state index contributed by atoms with van der Waals surface area (Å²) in [6.07, 6.45) is -0.0753. The Kier molecular flexibility index (Phi) is 9.11. The maximum absolute atomic E-state index is 13.5. The molecule has 3 aromatic rings. The maximum Gasteiger partial charge on any atom is 0.243 e. The minimum absolute atomic E-state index is 0.0753. The zero-order valence-corrected chi connectivity index (χ0v) is 23.9. The van der Waals surface area contributed by atoms with Crippen LogP contribution in [-0.2, 0) is 14.4 Å². The Morgan fingerprint density at radius 3 is 2.10 bits per heavy atom. The van der Waals surface area contributed by atoms with Crippen molar-refractivity contribution < 1.29 is 14.4 Å². The SMILES string of the molecule is Cc1ccc(NC(=O)C[C@@H]2C(=O)NCCN2C(=O)CN2CCN(C(c3ccccc3)c3ccccc3)CC2)cc1C. The standard InChI is InChI=1S/C33H39N5O3/c1-24-13-14-28(21-25(24)2)35-30(39)22-29-33(41)34-15-16-38(29)31(40)23-36-17-19-37(20-18-36)32(26-9-5-3-6-10-26)27-11-7-4-8-12-27/h3-14,21,29,32H,15-20,22-23H2,1-2H3,(H,34,41)(H,35,39)/t29-/m1/s1. The number of carbonyl (C=O) groups excluding carboxylic acids is 3. The largest absolute Gasteiger partial charge is 0.353 e. The molecule has 5 rings (SSSR count). The number of amides is 3. The van der Waals surface area contributed by atoms with E-state index in [-0.39, 0.29) is 36.7 Å². The van der Waals surface area contributed by atoms with Gasteiger partial charge in [-0.15, -0.1) is 0 Å². The van der Waals surface area contributed by atoms with Crippen LogP contribution in [0, 0.1) is 13.8 Å². The Morgan fingerprint density at radius 2 is 1.49 bits per heavy atom. The van der Waals surface area contributed by atoms with Gasteiger partial charge in [0.1, 0.15) is 6.04 Å². The van der Waals surface area contributed by atoms with Crippen molar-refractivity contribution in [2.45, 2.75) is 32.4 Å². The fourth-order valence-electron chi connectivity index (χ4n) is 5.77. The molecular weight excluding hydrogens is 514 g/mol. The molecule has 3 aromatic carbocycles. The van der Waals surface area contributed by atoms with Crippen molar-refractivity contribution in [3.63, 3.8) is 0 Å². The molecule has 0 aromatic heterocycles. The summed E-state index contributed by atoms with van der Waals surface area (Å²) < 4.78 is 0. The number of piperazine rings is 2. The van der Waals surface area contributed by atoms with Crippen LogP contribution in [0.1, 0.15) is 34.7 Å². The van der Waals surface area contributed by atoms with Crippen LogP contribution in [0.25, 0.3) is 0 Å². The molecule has 1 atom stereocenters. The quantitative estimate of drug-likeness (QED) is 0.447. The van der Waals surface area contributed by atoms with E-state index in [0.717, 1.165) is 37.3 Å². The third-order valence-electron chi connectivity index (χ3n) is 8.18. The number of aryl methyl sites for hydroxylation is 2. The average molecular weight is 554 g/mol. The number of rotatable bonds is 8. The highest BCUT2D eigenvalue weighted by Gasteiger charge is 2.36. The fourth-order valence-corrected chi connectivity index (χ4v) is 5.77. The highest BCUT2D eigenvalue weighted by molar-refractivity contribution is 5.97. The number of anilines is 1. The van der Waals surface area contributed by atoms with E-state index in [1.807, 2.05) is 44.2 Å². The van der Waals surface area contributed by atoms with E-state index in [9.17, 15) is 14.4 Å². The van der Waals surface area contributed by atoms with Gasteiger partial charge in [-0.2, -0.15) is 0 Å². The van der Waals surface area contributed by atoms with E-state index in [1.165, 1.54) is 11.1 Å². The molecule has 8 nitrogen and oxygen atoms in total. The smallest absolute Gasteiger partial charge is 0.243 e. The van der Waals surface area contributed by atoms with Crippen LogP contribution < -0.4 is 10.6 Å². The predicted octanol–water partition coefficient (Wildman–Crippen LogP) is 3.37. The maximum atomic E-state index is 13.5. The van der Waals surface area contributed by atoms with Gasteiger partial charge in [-0.05, 0) is 48.2 Å². The number of benzene rings is 3. The molecule has 8 heteroatoms. The first-order valence-corrected chi connectivity index (χ1v) is 14.4. The van der Waals surface area contributed by atoms with E-state index in [4.69, 9.17) is 0 Å². The van der Waals surface area contributed by atoms with Gasteiger partial charge in [-0.1, -0.05) is 66.7 Å². The first-order chi connectivity index (χ1) is 19.9. The Bertz CT molecular complexity index is 1320. The van der Waals surface area contributed by atoms with E-state index >= 15 is 0 Å². The van der Waals surface area contributed by atoms with E-state index in [2.05, 4.69) is 69.0 Å². The highest BCUT2D eigenvalue weighted by Crippen LogP contribution is 2.29. The van der Waals surface area contributed by atoms with E-state index < -0.39 is 6.04 Å². The zero-order chi connectivity index (χ0) is 28.8. The molecule has 0 saturated carbocycles. The number of nitrogens with one attached hydrogen (secondary N) is 2. The Balaban J connectivity index is 1.19. The summed E-state index contributed by atoms with van der Waals surface area (Å²) in [6.45, 7) is 8.18. The van der Waals surface area contributed by atoms with Crippen LogP contribution in [0.3, 0.4) is 0 Å². The summed E-state index contributed by atoms with van der Waals surface area (Å²) in [5, 5.41) is 5.71. The van der Waals surface area contributed by atoms with Crippen molar-refractivity contribution in [1.29, 1.82) is 0 Å². The number of hydrogen-bond acceptors (Lipinski definition) is 5. The summed E-state index contributed by atoms with van der Waals surface area (Å²) in [7, 11) is 0. The van der Waals surface area contributed by atoms with E-state index in [1.54, 1.807) is 4.90 Å². The van der Waals surface area contributed by atoms with Gasteiger partial charge in [0, 0.05) is 45.0 Å². The molecule has 0 spiro atoms. The van der Waals surface area contributed by atoms with Crippen molar-refractivity contribution in [2.75, 3.05) is 51.1 Å². The second-order valence-corrected chi connectivity index (χ2v) is 11.0. The van der Waals surface area contributed by atoms with Gasteiger partial charge >= 0.3 is 0 Å². The molecule has 3 amide bonds. The monoisotopic (exact) mass is 553 g/mol. The number of hydrogen-bond donors (Lipinski definition) is 2. The average Bonchev–Trinajstić information content (AvgIpc) is 2.98. The Morgan fingerprint density at radius 1 is 0.854 bits per heavy atom.